The lowest BCUT2D eigenvalue weighted by atomic mass is 10.1. The molecule has 1 N–H and O–H groups in total. The molecule has 0 unspecified atom stereocenters. The number of hydrogen-bond donors (Lipinski definition) is 1. The van der Waals surface area contributed by atoms with Crippen LogP contribution in [0.25, 0.3) is 0 Å². The lowest BCUT2D eigenvalue weighted by Gasteiger charge is -2.09. The van der Waals surface area contributed by atoms with Gasteiger partial charge in [-0.25, -0.2) is 4.79 Å². The Kier molecular flexibility index (Phi) is 5.76. The summed E-state index contributed by atoms with van der Waals surface area (Å²) in [5.74, 6) is 0.0179. The highest BCUT2D eigenvalue weighted by molar-refractivity contribution is 9.10. The molecular formula is C17H16BrNO4. The molecule has 2 aromatic carbocycles. The molecule has 0 heterocycles. The highest BCUT2D eigenvalue weighted by Crippen LogP contribution is 2.26. The van der Waals surface area contributed by atoms with E-state index in [2.05, 4.69) is 26.0 Å². The van der Waals surface area contributed by atoms with Gasteiger partial charge < -0.3 is 14.8 Å². The van der Waals surface area contributed by atoms with Crippen molar-refractivity contribution in [2.45, 2.75) is 6.92 Å². The molecule has 0 aromatic heterocycles. The monoisotopic (exact) mass is 377 g/mol. The average Bonchev–Trinajstić information content (AvgIpc) is 2.56. The van der Waals surface area contributed by atoms with Gasteiger partial charge in [-0.1, -0.05) is 0 Å². The van der Waals surface area contributed by atoms with Gasteiger partial charge in [0.2, 0.25) is 0 Å². The van der Waals surface area contributed by atoms with Gasteiger partial charge >= 0.3 is 5.97 Å². The number of anilines is 1. The molecule has 0 aliphatic rings. The lowest BCUT2D eigenvalue weighted by Crippen LogP contribution is -2.12. The zero-order valence-electron chi connectivity index (χ0n) is 12.8. The van der Waals surface area contributed by atoms with E-state index in [-0.39, 0.29) is 5.91 Å². The van der Waals surface area contributed by atoms with Crippen LogP contribution in [0.15, 0.2) is 46.9 Å². The second-order valence-corrected chi connectivity index (χ2v) is 5.46. The van der Waals surface area contributed by atoms with E-state index in [4.69, 9.17) is 4.74 Å². The van der Waals surface area contributed by atoms with E-state index in [1.54, 1.807) is 42.5 Å². The number of benzene rings is 2. The standard InChI is InChI=1S/C17H16BrNO4/c1-3-23-15-9-6-12(10-14(15)18)16(20)19-13-7-4-11(5-8-13)17(21)22-2/h4-10H,3H2,1-2H3,(H,19,20). The van der Waals surface area contributed by atoms with Crippen LogP contribution in [0.5, 0.6) is 5.75 Å². The Balaban J connectivity index is 2.09. The Labute approximate surface area is 142 Å². The van der Waals surface area contributed by atoms with Gasteiger partial charge in [-0.2, -0.15) is 0 Å². The first-order chi connectivity index (χ1) is 11.0. The summed E-state index contributed by atoms with van der Waals surface area (Å²) >= 11 is 3.38. The lowest BCUT2D eigenvalue weighted by molar-refractivity contribution is 0.0600. The Hall–Kier alpha value is -2.34. The topological polar surface area (TPSA) is 64.6 Å². The summed E-state index contributed by atoms with van der Waals surface area (Å²) in [6, 6.07) is 11.6. The molecule has 0 saturated carbocycles. The fraction of sp³-hybridized carbons (Fsp3) is 0.176. The van der Waals surface area contributed by atoms with Crippen LogP contribution in [0.2, 0.25) is 0 Å². The highest BCUT2D eigenvalue weighted by Gasteiger charge is 2.10. The molecule has 0 aliphatic carbocycles. The van der Waals surface area contributed by atoms with E-state index in [0.29, 0.717) is 33.6 Å². The molecule has 6 heteroatoms. The Morgan fingerprint density at radius 3 is 2.30 bits per heavy atom. The summed E-state index contributed by atoms with van der Waals surface area (Å²) in [5, 5.41) is 2.77. The van der Waals surface area contributed by atoms with E-state index in [1.165, 1.54) is 7.11 Å². The number of carbonyl (C=O) groups is 2. The van der Waals surface area contributed by atoms with E-state index in [0.717, 1.165) is 0 Å². The third-order valence-electron chi connectivity index (χ3n) is 3.06. The number of esters is 1. The maximum atomic E-state index is 12.2. The molecule has 0 fully saturated rings. The molecule has 0 spiro atoms. The Bertz CT molecular complexity index is 713. The van der Waals surface area contributed by atoms with E-state index < -0.39 is 5.97 Å². The summed E-state index contributed by atoms with van der Waals surface area (Å²) in [7, 11) is 1.32. The zero-order chi connectivity index (χ0) is 16.8. The third kappa shape index (κ3) is 4.32. The van der Waals surface area contributed by atoms with Crippen LogP contribution >= 0.6 is 15.9 Å². The van der Waals surface area contributed by atoms with Crippen LogP contribution in [0.1, 0.15) is 27.6 Å². The van der Waals surface area contributed by atoms with Crippen molar-refractivity contribution in [3.63, 3.8) is 0 Å². The van der Waals surface area contributed by atoms with Crippen molar-refractivity contribution in [3.8, 4) is 5.75 Å². The zero-order valence-corrected chi connectivity index (χ0v) is 14.3. The highest BCUT2D eigenvalue weighted by atomic mass is 79.9. The molecule has 0 aliphatic heterocycles. The van der Waals surface area contributed by atoms with Crippen LogP contribution in [0.3, 0.4) is 0 Å². The number of halogens is 1. The molecule has 0 atom stereocenters. The fourth-order valence-electron chi connectivity index (χ4n) is 1.93. The summed E-state index contributed by atoms with van der Waals surface area (Å²) < 4.78 is 10.8. The van der Waals surface area contributed by atoms with Gasteiger partial charge in [0.1, 0.15) is 5.75 Å². The number of amides is 1. The molecule has 23 heavy (non-hydrogen) atoms. The van der Waals surface area contributed by atoms with Crippen LogP contribution in [-0.4, -0.2) is 25.6 Å². The molecule has 0 saturated heterocycles. The second-order valence-electron chi connectivity index (χ2n) is 4.60. The minimum absolute atomic E-state index is 0.250. The summed E-state index contributed by atoms with van der Waals surface area (Å²) in [6.07, 6.45) is 0. The van der Waals surface area contributed by atoms with Gasteiger partial charge in [0, 0.05) is 11.3 Å². The molecule has 2 aromatic rings. The van der Waals surface area contributed by atoms with Crippen molar-refractivity contribution < 1.29 is 19.1 Å². The predicted molar refractivity (Wildman–Crippen MR) is 91.0 cm³/mol. The SMILES string of the molecule is CCOc1ccc(C(=O)Nc2ccc(C(=O)OC)cc2)cc1Br. The van der Waals surface area contributed by atoms with Crippen LogP contribution in [0, 0.1) is 0 Å². The Morgan fingerprint density at radius 2 is 1.74 bits per heavy atom. The van der Waals surface area contributed by atoms with E-state index >= 15 is 0 Å². The molecule has 0 radical (unpaired) electrons. The average molecular weight is 378 g/mol. The fourth-order valence-corrected chi connectivity index (χ4v) is 2.42. The number of rotatable bonds is 5. The predicted octanol–water partition coefficient (Wildman–Crippen LogP) is 3.89. The maximum Gasteiger partial charge on any atom is 0.337 e. The summed E-state index contributed by atoms with van der Waals surface area (Å²) in [6.45, 7) is 2.45. The third-order valence-corrected chi connectivity index (χ3v) is 3.68. The van der Waals surface area contributed by atoms with Crippen LogP contribution in [-0.2, 0) is 4.74 Å². The van der Waals surface area contributed by atoms with Gasteiger partial charge in [0.25, 0.3) is 5.91 Å². The van der Waals surface area contributed by atoms with Crippen molar-refractivity contribution >= 4 is 33.5 Å². The largest absolute Gasteiger partial charge is 0.493 e. The van der Waals surface area contributed by atoms with E-state index in [9.17, 15) is 9.59 Å². The maximum absolute atomic E-state index is 12.2. The van der Waals surface area contributed by atoms with Gasteiger partial charge in [-0.15, -0.1) is 0 Å². The number of methoxy groups -OCH3 is 1. The number of carbonyl (C=O) groups excluding carboxylic acids is 2. The van der Waals surface area contributed by atoms with Crippen molar-refractivity contribution in [3.05, 3.63) is 58.1 Å². The molecule has 2 rings (SSSR count). The minimum atomic E-state index is -0.418. The molecule has 1 amide bonds. The summed E-state index contributed by atoms with van der Waals surface area (Å²) in [4.78, 5) is 23.6. The Morgan fingerprint density at radius 1 is 1.09 bits per heavy atom. The number of hydrogen-bond acceptors (Lipinski definition) is 4. The number of nitrogens with one attached hydrogen (secondary N) is 1. The van der Waals surface area contributed by atoms with Crippen LogP contribution < -0.4 is 10.1 Å². The second kappa shape index (κ2) is 7.78. The van der Waals surface area contributed by atoms with Crippen molar-refractivity contribution in [1.82, 2.24) is 0 Å². The molecule has 120 valence electrons. The first-order valence-electron chi connectivity index (χ1n) is 6.97. The first-order valence-corrected chi connectivity index (χ1v) is 7.76. The molecule has 0 bridgehead atoms. The van der Waals surface area contributed by atoms with Crippen molar-refractivity contribution in [2.75, 3.05) is 19.0 Å². The van der Waals surface area contributed by atoms with Crippen molar-refractivity contribution in [1.29, 1.82) is 0 Å². The first kappa shape index (κ1) is 17.0. The molecule has 5 nitrogen and oxygen atoms in total. The smallest absolute Gasteiger partial charge is 0.337 e. The number of ether oxygens (including phenoxy) is 2. The van der Waals surface area contributed by atoms with Gasteiger partial charge in [0.05, 0.1) is 23.8 Å². The summed E-state index contributed by atoms with van der Waals surface area (Å²) in [5.41, 5.74) is 1.51. The quantitative estimate of drug-likeness (QED) is 0.802. The minimum Gasteiger partial charge on any atom is -0.493 e. The molecular weight excluding hydrogens is 362 g/mol. The van der Waals surface area contributed by atoms with Gasteiger partial charge in [-0.05, 0) is 65.3 Å². The van der Waals surface area contributed by atoms with Gasteiger partial charge in [0.15, 0.2) is 0 Å². The van der Waals surface area contributed by atoms with Gasteiger partial charge in [-0.3, -0.25) is 4.79 Å². The normalized spacial score (nSPS) is 10.0. The van der Waals surface area contributed by atoms with E-state index in [1.807, 2.05) is 6.92 Å². The van der Waals surface area contributed by atoms with Crippen LogP contribution in [0.4, 0.5) is 5.69 Å². The van der Waals surface area contributed by atoms with Crippen molar-refractivity contribution in [2.24, 2.45) is 0 Å².